The maximum atomic E-state index is 13.0. The van der Waals surface area contributed by atoms with Crippen molar-refractivity contribution in [3.63, 3.8) is 0 Å². The average Bonchev–Trinajstić information content (AvgIpc) is 3.52. The number of aliphatic carboxylic acids is 1. The molecular formula is C27H43NO5. The lowest BCUT2D eigenvalue weighted by Gasteiger charge is -2.31. The molecule has 0 aliphatic heterocycles. The third kappa shape index (κ3) is 9.00. The number of rotatable bonds is 14. The Morgan fingerprint density at radius 2 is 1.70 bits per heavy atom. The zero-order valence-corrected chi connectivity index (χ0v) is 21.2. The molecule has 1 atom stereocenters. The third-order valence-electron chi connectivity index (χ3n) is 6.16. The Labute approximate surface area is 199 Å². The van der Waals surface area contributed by atoms with Crippen LogP contribution >= 0.6 is 0 Å². The Hall–Kier alpha value is -2.08. The molecule has 0 saturated heterocycles. The average molecular weight is 462 g/mol. The van der Waals surface area contributed by atoms with E-state index in [-0.39, 0.29) is 11.5 Å². The first kappa shape index (κ1) is 27.2. The summed E-state index contributed by atoms with van der Waals surface area (Å²) in [5.41, 5.74) is 1.59. The van der Waals surface area contributed by atoms with Gasteiger partial charge in [0.1, 0.15) is 5.60 Å². The van der Waals surface area contributed by atoms with Gasteiger partial charge in [-0.05, 0) is 58.1 Å². The van der Waals surface area contributed by atoms with Crippen LogP contribution in [0.1, 0.15) is 90.7 Å². The van der Waals surface area contributed by atoms with Gasteiger partial charge in [0.25, 0.3) is 0 Å². The van der Waals surface area contributed by atoms with Gasteiger partial charge in [-0.15, -0.1) is 0 Å². The van der Waals surface area contributed by atoms with Crippen molar-refractivity contribution >= 4 is 12.1 Å². The topological polar surface area (TPSA) is 76.1 Å². The molecule has 1 saturated carbocycles. The van der Waals surface area contributed by atoms with Crippen LogP contribution in [0.3, 0.4) is 0 Å². The second kappa shape index (κ2) is 12.4. The van der Waals surface area contributed by atoms with Crippen LogP contribution in [-0.4, -0.2) is 53.5 Å². The lowest BCUT2D eigenvalue weighted by Crippen LogP contribution is -2.41. The fraction of sp³-hybridized carbons (Fsp3) is 0.704. The molecule has 1 aliphatic carbocycles. The minimum Gasteiger partial charge on any atom is -0.479 e. The SMILES string of the molecule is CCCCCCCN(CC1(c2ccc(CC(OCC)C(=O)O)cc2)CC1)C(=O)OC(C)(C)C. The first-order chi connectivity index (χ1) is 15.6. The molecule has 33 heavy (non-hydrogen) atoms. The summed E-state index contributed by atoms with van der Waals surface area (Å²) >= 11 is 0. The van der Waals surface area contributed by atoms with Crippen molar-refractivity contribution in [2.75, 3.05) is 19.7 Å². The van der Waals surface area contributed by atoms with Gasteiger partial charge in [0, 0.05) is 31.5 Å². The molecule has 1 aromatic rings. The Morgan fingerprint density at radius 1 is 1.06 bits per heavy atom. The van der Waals surface area contributed by atoms with Gasteiger partial charge in [0.15, 0.2) is 6.10 Å². The van der Waals surface area contributed by atoms with Crippen LogP contribution in [-0.2, 0) is 26.1 Å². The van der Waals surface area contributed by atoms with E-state index >= 15 is 0 Å². The van der Waals surface area contributed by atoms with E-state index in [9.17, 15) is 14.7 Å². The van der Waals surface area contributed by atoms with Crippen molar-refractivity contribution in [3.8, 4) is 0 Å². The maximum absolute atomic E-state index is 13.0. The van der Waals surface area contributed by atoms with Crippen LogP contribution in [0.4, 0.5) is 4.79 Å². The van der Waals surface area contributed by atoms with Gasteiger partial charge in [-0.1, -0.05) is 56.9 Å². The molecule has 0 radical (unpaired) electrons. The van der Waals surface area contributed by atoms with E-state index in [1.165, 1.54) is 24.8 Å². The Balaban J connectivity index is 2.06. The number of hydrogen-bond donors (Lipinski definition) is 1. The Morgan fingerprint density at radius 3 is 2.21 bits per heavy atom. The van der Waals surface area contributed by atoms with E-state index in [2.05, 4.69) is 19.1 Å². The number of carbonyl (C=O) groups excluding carboxylic acids is 1. The molecule has 1 amide bonds. The first-order valence-electron chi connectivity index (χ1n) is 12.5. The number of amides is 1. The van der Waals surface area contributed by atoms with E-state index < -0.39 is 17.7 Å². The molecule has 1 unspecified atom stereocenters. The lowest BCUT2D eigenvalue weighted by atomic mass is 9.93. The lowest BCUT2D eigenvalue weighted by molar-refractivity contribution is -0.149. The number of ether oxygens (including phenoxy) is 2. The Bertz CT molecular complexity index is 749. The highest BCUT2D eigenvalue weighted by atomic mass is 16.6. The molecule has 0 spiro atoms. The fourth-order valence-electron chi connectivity index (χ4n) is 4.15. The number of nitrogens with zero attached hydrogens (tertiary/aromatic N) is 1. The number of carboxylic acid groups (broad SMARTS) is 1. The van der Waals surface area contributed by atoms with Gasteiger partial charge in [0.2, 0.25) is 0 Å². The van der Waals surface area contributed by atoms with Crippen LogP contribution in [0.25, 0.3) is 0 Å². The summed E-state index contributed by atoms with van der Waals surface area (Å²) in [6.07, 6.45) is 7.11. The van der Waals surface area contributed by atoms with E-state index in [0.29, 0.717) is 26.1 Å². The minimum absolute atomic E-state index is 0.0367. The number of hydrogen-bond acceptors (Lipinski definition) is 4. The van der Waals surface area contributed by atoms with Gasteiger partial charge in [0.05, 0.1) is 0 Å². The first-order valence-corrected chi connectivity index (χ1v) is 12.5. The summed E-state index contributed by atoms with van der Waals surface area (Å²) in [6, 6.07) is 8.16. The largest absolute Gasteiger partial charge is 0.479 e. The van der Waals surface area contributed by atoms with E-state index in [0.717, 1.165) is 31.2 Å². The van der Waals surface area contributed by atoms with Crippen molar-refractivity contribution in [1.82, 2.24) is 4.90 Å². The standard InChI is InChI=1S/C27H43NO5/c1-6-8-9-10-11-18-28(25(31)33-26(3,4)5)20-27(16-17-27)22-14-12-21(13-15-22)19-23(24(29)30)32-7-2/h12-15,23H,6-11,16-20H2,1-5H3,(H,29,30). The predicted octanol–water partition coefficient (Wildman–Crippen LogP) is 5.96. The van der Waals surface area contributed by atoms with Gasteiger partial charge < -0.3 is 19.5 Å². The normalized spacial score (nSPS) is 15.7. The summed E-state index contributed by atoms with van der Waals surface area (Å²) in [4.78, 5) is 26.2. The summed E-state index contributed by atoms with van der Waals surface area (Å²) in [6.45, 7) is 11.5. The summed E-state index contributed by atoms with van der Waals surface area (Å²) in [5.74, 6) is -0.938. The van der Waals surface area contributed by atoms with Crippen molar-refractivity contribution in [1.29, 1.82) is 0 Å². The number of benzene rings is 1. The molecule has 0 heterocycles. The quantitative estimate of drug-likeness (QED) is 0.346. The van der Waals surface area contributed by atoms with Gasteiger partial charge in [-0.25, -0.2) is 9.59 Å². The summed E-state index contributed by atoms with van der Waals surface area (Å²) < 4.78 is 11.1. The van der Waals surface area contributed by atoms with Crippen molar-refractivity contribution in [3.05, 3.63) is 35.4 Å². The summed E-state index contributed by atoms with van der Waals surface area (Å²) in [7, 11) is 0. The van der Waals surface area contributed by atoms with E-state index in [1.54, 1.807) is 6.92 Å². The Kier molecular flexibility index (Phi) is 10.2. The third-order valence-corrected chi connectivity index (χ3v) is 6.16. The molecule has 6 nitrogen and oxygen atoms in total. The van der Waals surface area contributed by atoms with Gasteiger partial charge in [-0.3, -0.25) is 0 Å². The van der Waals surface area contributed by atoms with Gasteiger partial charge in [-0.2, -0.15) is 0 Å². The summed E-state index contributed by atoms with van der Waals surface area (Å²) in [5, 5.41) is 9.34. The number of carbonyl (C=O) groups is 2. The second-order valence-electron chi connectivity index (χ2n) is 10.3. The van der Waals surface area contributed by atoms with Crippen LogP contribution in [0, 0.1) is 0 Å². The highest BCUT2D eigenvalue weighted by molar-refractivity contribution is 5.72. The zero-order valence-electron chi connectivity index (χ0n) is 21.2. The molecule has 1 fully saturated rings. The molecule has 0 aromatic heterocycles. The van der Waals surface area contributed by atoms with Crippen LogP contribution < -0.4 is 0 Å². The highest BCUT2D eigenvalue weighted by Gasteiger charge is 2.46. The highest BCUT2D eigenvalue weighted by Crippen LogP contribution is 2.49. The molecule has 2 rings (SSSR count). The van der Waals surface area contributed by atoms with E-state index in [4.69, 9.17) is 9.47 Å². The van der Waals surface area contributed by atoms with Crippen molar-refractivity contribution < 1.29 is 24.2 Å². The monoisotopic (exact) mass is 461 g/mol. The minimum atomic E-state index is -0.938. The number of carboxylic acids is 1. The van der Waals surface area contributed by atoms with Gasteiger partial charge >= 0.3 is 12.1 Å². The molecule has 6 heteroatoms. The van der Waals surface area contributed by atoms with Crippen molar-refractivity contribution in [2.24, 2.45) is 0 Å². The maximum Gasteiger partial charge on any atom is 0.410 e. The molecule has 1 N–H and O–H groups in total. The fourth-order valence-corrected chi connectivity index (χ4v) is 4.15. The van der Waals surface area contributed by atoms with Crippen LogP contribution in [0.5, 0.6) is 0 Å². The molecule has 1 aromatic carbocycles. The second-order valence-corrected chi connectivity index (χ2v) is 10.3. The molecule has 0 bridgehead atoms. The van der Waals surface area contributed by atoms with Crippen molar-refractivity contribution in [2.45, 2.75) is 103 Å². The number of unbranched alkanes of at least 4 members (excludes halogenated alkanes) is 4. The zero-order chi connectivity index (χ0) is 24.5. The predicted molar refractivity (Wildman–Crippen MR) is 131 cm³/mol. The van der Waals surface area contributed by atoms with Crippen LogP contribution in [0.2, 0.25) is 0 Å². The smallest absolute Gasteiger partial charge is 0.410 e. The molecule has 186 valence electrons. The molecule has 1 aliphatic rings. The van der Waals surface area contributed by atoms with E-state index in [1.807, 2.05) is 37.8 Å². The molecular weight excluding hydrogens is 418 g/mol. The van der Waals surface area contributed by atoms with Crippen LogP contribution in [0.15, 0.2) is 24.3 Å².